The molecule has 0 atom stereocenters. The van der Waals surface area contributed by atoms with Gasteiger partial charge in [0.05, 0.1) is 45.7 Å². The molecule has 0 spiro atoms. The van der Waals surface area contributed by atoms with Crippen LogP contribution in [0.1, 0.15) is 0 Å². The van der Waals surface area contributed by atoms with E-state index < -0.39 is 0 Å². The van der Waals surface area contributed by atoms with Gasteiger partial charge < -0.3 is 4.57 Å². The van der Waals surface area contributed by atoms with Crippen LogP contribution in [0.15, 0.2) is 183 Å². The average molecular weight is 703 g/mol. The van der Waals surface area contributed by atoms with Crippen molar-refractivity contribution in [3.05, 3.63) is 183 Å². The number of benzene rings is 5. The first kappa shape index (κ1) is 31.0. The molecule has 256 valence electrons. The molecule has 0 bridgehead atoms. The lowest BCUT2D eigenvalue weighted by atomic mass is 9.96. The van der Waals surface area contributed by atoms with Crippen molar-refractivity contribution in [1.82, 2.24) is 29.5 Å². The molecule has 6 heterocycles. The largest absolute Gasteiger partial charge is 0.307 e. The Morgan fingerprint density at radius 1 is 0.382 bits per heavy atom. The lowest BCUT2D eigenvalue weighted by Gasteiger charge is -2.12. The molecule has 55 heavy (non-hydrogen) atoms. The van der Waals surface area contributed by atoms with E-state index in [4.69, 9.17) is 19.9 Å². The fourth-order valence-electron chi connectivity index (χ4n) is 8.10. The molecule has 6 aromatic heterocycles. The number of nitrogens with zero attached hydrogens (tertiary/aromatic N) is 6. The molecule has 0 aliphatic heterocycles. The summed E-state index contributed by atoms with van der Waals surface area (Å²) in [6, 6.07) is 50.9. The van der Waals surface area contributed by atoms with Gasteiger partial charge in [0.2, 0.25) is 0 Å². The molecular weight excluding hydrogens is 673 g/mol. The molecule has 5 aromatic carbocycles. The monoisotopic (exact) mass is 702 g/mol. The van der Waals surface area contributed by atoms with Gasteiger partial charge in [-0.15, -0.1) is 0 Å². The van der Waals surface area contributed by atoms with Crippen LogP contribution in [0.4, 0.5) is 0 Å². The smallest absolute Gasteiger partial charge is 0.0795 e. The second-order valence-corrected chi connectivity index (χ2v) is 13.8. The zero-order chi connectivity index (χ0) is 36.3. The van der Waals surface area contributed by atoms with Crippen LogP contribution in [-0.4, -0.2) is 29.5 Å². The standard InChI is InChI=1S/C49H30N6/c1-3-11-37-31(8-1)21-24-51-47(37)34-15-18-44(53-28-34)33-17-20-46-42(26-33)43-27-41(39-13-5-6-14-40(39)49(43)55(46)36-10-7-23-50-30-36)45-19-16-35(29-54-45)48-38-12-4-2-9-32(38)22-25-52-48/h1-30H. The summed E-state index contributed by atoms with van der Waals surface area (Å²) in [6.07, 6.45) is 11.4. The molecule has 0 saturated heterocycles. The zero-order valence-corrected chi connectivity index (χ0v) is 29.5. The summed E-state index contributed by atoms with van der Waals surface area (Å²) in [6.45, 7) is 0. The van der Waals surface area contributed by atoms with Crippen molar-refractivity contribution < 1.29 is 0 Å². The molecule has 6 heteroatoms. The SMILES string of the molecule is c1cncc(-n2c3ccc(-c4ccc(-c5nccc6ccccc56)cn4)cc3c3cc(-c4ccc(-c5nccc6ccccc56)cn4)c4ccccc4c32)c1. The molecule has 0 amide bonds. The number of rotatable bonds is 5. The van der Waals surface area contributed by atoms with Gasteiger partial charge in [0, 0.05) is 80.2 Å². The highest BCUT2D eigenvalue weighted by molar-refractivity contribution is 6.22. The van der Waals surface area contributed by atoms with E-state index in [0.717, 1.165) is 105 Å². The van der Waals surface area contributed by atoms with Gasteiger partial charge in [-0.05, 0) is 82.9 Å². The number of hydrogen-bond donors (Lipinski definition) is 0. The van der Waals surface area contributed by atoms with Gasteiger partial charge in [0.15, 0.2) is 0 Å². The third kappa shape index (κ3) is 5.07. The van der Waals surface area contributed by atoms with Gasteiger partial charge in [0.1, 0.15) is 0 Å². The van der Waals surface area contributed by atoms with Gasteiger partial charge in [-0.3, -0.25) is 24.9 Å². The normalized spacial score (nSPS) is 11.6. The lowest BCUT2D eigenvalue weighted by molar-refractivity contribution is 1.14. The van der Waals surface area contributed by atoms with Crippen LogP contribution in [0.5, 0.6) is 0 Å². The van der Waals surface area contributed by atoms with Crippen LogP contribution >= 0.6 is 0 Å². The maximum absolute atomic E-state index is 5.08. The highest BCUT2D eigenvalue weighted by Crippen LogP contribution is 2.42. The predicted octanol–water partition coefficient (Wildman–Crippen LogP) is 11.9. The molecule has 0 aliphatic rings. The summed E-state index contributed by atoms with van der Waals surface area (Å²) in [5.41, 5.74) is 11.0. The molecule has 11 aromatic rings. The third-order valence-corrected chi connectivity index (χ3v) is 10.7. The maximum Gasteiger partial charge on any atom is 0.0795 e. The minimum Gasteiger partial charge on any atom is -0.307 e. The quantitative estimate of drug-likeness (QED) is 0.179. The van der Waals surface area contributed by atoms with Crippen molar-refractivity contribution in [2.45, 2.75) is 0 Å². The van der Waals surface area contributed by atoms with E-state index >= 15 is 0 Å². The second kappa shape index (κ2) is 12.5. The van der Waals surface area contributed by atoms with E-state index in [2.05, 4.69) is 137 Å². The Morgan fingerprint density at radius 3 is 1.64 bits per heavy atom. The molecule has 0 unspecified atom stereocenters. The highest BCUT2D eigenvalue weighted by atomic mass is 15.0. The average Bonchev–Trinajstić information content (AvgIpc) is 3.60. The van der Waals surface area contributed by atoms with Gasteiger partial charge in [-0.1, -0.05) is 78.9 Å². The Kier molecular flexibility index (Phi) is 7.07. The van der Waals surface area contributed by atoms with E-state index in [0.29, 0.717) is 0 Å². The topological polar surface area (TPSA) is 69.4 Å². The van der Waals surface area contributed by atoms with Gasteiger partial charge in [0.25, 0.3) is 0 Å². The first-order valence-corrected chi connectivity index (χ1v) is 18.3. The summed E-state index contributed by atoms with van der Waals surface area (Å²) in [7, 11) is 0. The van der Waals surface area contributed by atoms with Crippen LogP contribution in [0.25, 0.3) is 105 Å². The van der Waals surface area contributed by atoms with Crippen molar-refractivity contribution in [1.29, 1.82) is 0 Å². The number of aromatic nitrogens is 6. The molecule has 0 radical (unpaired) electrons. The first-order chi connectivity index (χ1) is 27.3. The van der Waals surface area contributed by atoms with E-state index in [1.54, 1.807) is 0 Å². The van der Waals surface area contributed by atoms with Crippen LogP contribution in [0, 0.1) is 0 Å². The molecule has 0 saturated carbocycles. The van der Waals surface area contributed by atoms with Crippen LogP contribution < -0.4 is 0 Å². The fourth-order valence-corrected chi connectivity index (χ4v) is 8.10. The fraction of sp³-hybridized carbons (Fsp3) is 0. The number of pyridine rings is 5. The van der Waals surface area contributed by atoms with Gasteiger partial charge in [-0.2, -0.15) is 0 Å². The highest BCUT2D eigenvalue weighted by Gasteiger charge is 2.20. The molecule has 0 N–H and O–H groups in total. The Labute approximate surface area is 316 Å². The Hall–Kier alpha value is -7.57. The zero-order valence-electron chi connectivity index (χ0n) is 29.5. The van der Waals surface area contributed by atoms with E-state index in [-0.39, 0.29) is 0 Å². The summed E-state index contributed by atoms with van der Waals surface area (Å²) < 4.78 is 2.33. The summed E-state index contributed by atoms with van der Waals surface area (Å²) in [5, 5.41) is 9.07. The molecular formula is C49H30N6. The molecule has 6 nitrogen and oxygen atoms in total. The number of hydrogen-bond acceptors (Lipinski definition) is 5. The van der Waals surface area contributed by atoms with Crippen molar-refractivity contribution in [3.63, 3.8) is 0 Å². The Morgan fingerprint density at radius 2 is 1.00 bits per heavy atom. The van der Waals surface area contributed by atoms with Gasteiger partial charge in [-0.25, -0.2) is 0 Å². The van der Waals surface area contributed by atoms with Gasteiger partial charge >= 0.3 is 0 Å². The van der Waals surface area contributed by atoms with E-state index in [1.165, 1.54) is 0 Å². The van der Waals surface area contributed by atoms with Crippen molar-refractivity contribution in [2.24, 2.45) is 0 Å². The van der Waals surface area contributed by atoms with Crippen LogP contribution in [-0.2, 0) is 0 Å². The summed E-state index contributed by atoms with van der Waals surface area (Å²) in [5.74, 6) is 0. The first-order valence-electron chi connectivity index (χ1n) is 18.3. The van der Waals surface area contributed by atoms with Crippen LogP contribution in [0.2, 0.25) is 0 Å². The third-order valence-electron chi connectivity index (χ3n) is 10.7. The molecule has 0 aliphatic carbocycles. The minimum atomic E-state index is 0.897. The Balaban J connectivity index is 1.09. The van der Waals surface area contributed by atoms with E-state index in [1.807, 2.05) is 55.4 Å². The summed E-state index contributed by atoms with van der Waals surface area (Å²) >= 11 is 0. The van der Waals surface area contributed by atoms with E-state index in [9.17, 15) is 0 Å². The molecule has 0 fully saturated rings. The maximum atomic E-state index is 5.08. The minimum absolute atomic E-state index is 0.897. The predicted molar refractivity (Wildman–Crippen MR) is 224 cm³/mol. The Bertz CT molecular complexity index is 3230. The summed E-state index contributed by atoms with van der Waals surface area (Å²) in [4.78, 5) is 24.0. The van der Waals surface area contributed by atoms with Crippen molar-refractivity contribution >= 4 is 54.1 Å². The lowest BCUT2D eigenvalue weighted by Crippen LogP contribution is -1.96. The molecule has 11 rings (SSSR count). The second-order valence-electron chi connectivity index (χ2n) is 13.8. The van der Waals surface area contributed by atoms with Crippen LogP contribution in [0.3, 0.4) is 0 Å². The van der Waals surface area contributed by atoms with Crippen molar-refractivity contribution in [3.8, 4) is 50.7 Å². The number of fused-ring (bicyclic) bond motifs is 7. The van der Waals surface area contributed by atoms with Crippen molar-refractivity contribution in [2.75, 3.05) is 0 Å².